The molecule has 0 aliphatic rings. The fraction of sp³-hybridized carbons (Fsp3) is 0.200. The Morgan fingerprint density at radius 1 is 1.17 bits per heavy atom. The van der Waals surface area contributed by atoms with Crippen LogP contribution in [0.25, 0.3) is 10.8 Å². The van der Waals surface area contributed by atoms with Gasteiger partial charge in [-0.05, 0) is 25.3 Å². The van der Waals surface area contributed by atoms with Crippen molar-refractivity contribution in [2.45, 2.75) is 20.0 Å². The van der Waals surface area contributed by atoms with E-state index in [-0.39, 0.29) is 6.10 Å². The topological polar surface area (TPSA) is 38.7 Å². The standard InChI is InChI=1S/C15H15NO2/c1-11(2)18-15(17)10-16-14-9-5-7-12-6-3-4-8-13(12)14/h3-11H,1-2H3. The predicted molar refractivity (Wildman–Crippen MR) is 73.3 cm³/mol. The number of nitrogens with zero attached hydrogens (tertiary/aromatic N) is 1. The average Bonchev–Trinajstić information content (AvgIpc) is 2.35. The molecule has 0 atom stereocenters. The molecule has 0 amide bonds. The zero-order valence-corrected chi connectivity index (χ0v) is 10.5. The summed E-state index contributed by atoms with van der Waals surface area (Å²) in [4.78, 5) is 15.6. The summed E-state index contributed by atoms with van der Waals surface area (Å²) in [6.07, 6.45) is 1.10. The van der Waals surface area contributed by atoms with E-state index in [0.717, 1.165) is 16.5 Å². The van der Waals surface area contributed by atoms with Gasteiger partial charge in [-0.2, -0.15) is 0 Å². The van der Waals surface area contributed by atoms with Gasteiger partial charge in [0.05, 0.1) is 11.8 Å². The summed E-state index contributed by atoms with van der Waals surface area (Å²) in [6, 6.07) is 13.7. The molecule has 92 valence electrons. The van der Waals surface area contributed by atoms with E-state index in [1.165, 1.54) is 6.21 Å². The van der Waals surface area contributed by atoms with E-state index in [1.807, 2.05) is 56.3 Å². The summed E-state index contributed by atoms with van der Waals surface area (Å²) in [5.41, 5.74) is 0.772. The Hall–Kier alpha value is -2.16. The van der Waals surface area contributed by atoms with Gasteiger partial charge in [0, 0.05) is 5.39 Å². The largest absolute Gasteiger partial charge is 0.459 e. The lowest BCUT2D eigenvalue weighted by molar-refractivity contribution is -0.138. The Morgan fingerprint density at radius 2 is 1.89 bits per heavy atom. The highest BCUT2D eigenvalue weighted by Crippen LogP contribution is 2.25. The Balaban J connectivity index is 2.27. The van der Waals surface area contributed by atoms with E-state index >= 15 is 0 Å². The normalized spacial score (nSPS) is 11.3. The van der Waals surface area contributed by atoms with Crippen LogP contribution in [0.15, 0.2) is 47.5 Å². The van der Waals surface area contributed by atoms with Crippen molar-refractivity contribution >= 4 is 28.6 Å². The maximum absolute atomic E-state index is 11.4. The second kappa shape index (κ2) is 5.45. The number of carbonyl (C=O) groups excluding carboxylic acids is 1. The molecule has 0 aliphatic heterocycles. The van der Waals surface area contributed by atoms with E-state index in [4.69, 9.17) is 4.74 Å². The first kappa shape index (κ1) is 12.3. The molecule has 3 nitrogen and oxygen atoms in total. The highest BCUT2D eigenvalue weighted by molar-refractivity contribution is 6.24. The van der Waals surface area contributed by atoms with Crippen molar-refractivity contribution in [2.75, 3.05) is 0 Å². The maximum atomic E-state index is 11.4. The van der Waals surface area contributed by atoms with Gasteiger partial charge in [-0.25, -0.2) is 9.79 Å². The fourth-order valence-electron chi connectivity index (χ4n) is 1.71. The molecule has 0 fully saturated rings. The van der Waals surface area contributed by atoms with Crippen molar-refractivity contribution in [2.24, 2.45) is 4.99 Å². The number of hydrogen-bond acceptors (Lipinski definition) is 3. The Kier molecular flexibility index (Phi) is 3.72. The molecule has 0 spiro atoms. The van der Waals surface area contributed by atoms with Crippen LogP contribution in [0.4, 0.5) is 5.69 Å². The number of ether oxygens (including phenoxy) is 1. The monoisotopic (exact) mass is 241 g/mol. The van der Waals surface area contributed by atoms with Gasteiger partial charge in [0.2, 0.25) is 0 Å². The van der Waals surface area contributed by atoms with Crippen LogP contribution in [-0.4, -0.2) is 18.3 Å². The molecule has 2 rings (SSSR count). The number of hydrogen-bond donors (Lipinski definition) is 0. The molecule has 0 bridgehead atoms. The lowest BCUT2D eigenvalue weighted by Gasteiger charge is -2.04. The Morgan fingerprint density at radius 3 is 2.67 bits per heavy atom. The molecule has 0 heterocycles. The number of benzene rings is 2. The number of carbonyl (C=O) groups is 1. The third kappa shape index (κ3) is 2.94. The number of fused-ring (bicyclic) bond motifs is 1. The zero-order valence-electron chi connectivity index (χ0n) is 10.5. The summed E-state index contributed by atoms with van der Waals surface area (Å²) in [7, 11) is 0. The third-order valence-electron chi connectivity index (χ3n) is 2.43. The quantitative estimate of drug-likeness (QED) is 0.609. The Bertz CT molecular complexity index is 583. The number of rotatable bonds is 3. The average molecular weight is 241 g/mol. The minimum Gasteiger partial charge on any atom is -0.459 e. The zero-order chi connectivity index (χ0) is 13.0. The minimum absolute atomic E-state index is 0.128. The first-order chi connectivity index (χ1) is 8.66. The van der Waals surface area contributed by atoms with Gasteiger partial charge in [0.25, 0.3) is 0 Å². The Labute approximate surface area is 106 Å². The molecule has 18 heavy (non-hydrogen) atoms. The molecule has 0 N–H and O–H groups in total. The van der Waals surface area contributed by atoms with Crippen molar-refractivity contribution in [3.63, 3.8) is 0 Å². The van der Waals surface area contributed by atoms with Crippen LogP contribution in [0, 0.1) is 0 Å². The molecular weight excluding hydrogens is 226 g/mol. The van der Waals surface area contributed by atoms with Gasteiger partial charge in [-0.1, -0.05) is 36.4 Å². The highest BCUT2D eigenvalue weighted by Gasteiger charge is 2.02. The lowest BCUT2D eigenvalue weighted by Crippen LogP contribution is -2.11. The molecule has 0 radical (unpaired) electrons. The lowest BCUT2D eigenvalue weighted by atomic mass is 10.1. The maximum Gasteiger partial charge on any atom is 0.349 e. The van der Waals surface area contributed by atoms with Crippen LogP contribution < -0.4 is 0 Å². The first-order valence-corrected chi connectivity index (χ1v) is 5.89. The smallest absolute Gasteiger partial charge is 0.349 e. The van der Waals surface area contributed by atoms with Crippen LogP contribution in [-0.2, 0) is 9.53 Å². The van der Waals surface area contributed by atoms with Gasteiger partial charge in [0.15, 0.2) is 0 Å². The minimum atomic E-state index is -0.419. The van der Waals surface area contributed by atoms with Crippen molar-refractivity contribution in [3.05, 3.63) is 42.5 Å². The van der Waals surface area contributed by atoms with E-state index in [1.54, 1.807) is 0 Å². The van der Waals surface area contributed by atoms with Crippen LogP contribution in [0.3, 0.4) is 0 Å². The summed E-state index contributed by atoms with van der Waals surface area (Å²) >= 11 is 0. The van der Waals surface area contributed by atoms with Gasteiger partial charge in [-0.3, -0.25) is 0 Å². The molecule has 0 aromatic heterocycles. The van der Waals surface area contributed by atoms with Crippen LogP contribution >= 0.6 is 0 Å². The molecule has 2 aromatic rings. The van der Waals surface area contributed by atoms with Crippen LogP contribution in [0.5, 0.6) is 0 Å². The summed E-state index contributed by atoms with van der Waals surface area (Å²) in [5, 5.41) is 2.12. The molecular formula is C15H15NO2. The number of esters is 1. The summed E-state index contributed by atoms with van der Waals surface area (Å²) in [6.45, 7) is 3.62. The fourth-order valence-corrected chi connectivity index (χ4v) is 1.71. The predicted octanol–water partition coefficient (Wildman–Crippen LogP) is 3.49. The van der Waals surface area contributed by atoms with Crippen molar-refractivity contribution < 1.29 is 9.53 Å². The highest BCUT2D eigenvalue weighted by atomic mass is 16.5. The van der Waals surface area contributed by atoms with E-state index in [2.05, 4.69) is 4.99 Å². The molecule has 0 aliphatic carbocycles. The molecule has 2 aromatic carbocycles. The van der Waals surface area contributed by atoms with Crippen molar-refractivity contribution in [1.29, 1.82) is 0 Å². The van der Waals surface area contributed by atoms with Crippen LogP contribution in [0.2, 0.25) is 0 Å². The SMILES string of the molecule is CC(C)OC(=O)C=Nc1cccc2ccccc12. The van der Waals surface area contributed by atoms with Gasteiger partial charge >= 0.3 is 5.97 Å². The van der Waals surface area contributed by atoms with Gasteiger partial charge in [-0.15, -0.1) is 0 Å². The van der Waals surface area contributed by atoms with E-state index in [0.29, 0.717) is 0 Å². The van der Waals surface area contributed by atoms with Crippen molar-refractivity contribution in [3.8, 4) is 0 Å². The van der Waals surface area contributed by atoms with E-state index in [9.17, 15) is 4.79 Å². The second-order valence-corrected chi connectivity index (χ2v) is 4.24. The van der Waals surface area contributed by atoms with Gasteiger partial charge in [0.1, 0.15) is 6.21 Å². The molecule has 0 saturated heterocycles. The third-order valence-corrected chi connectivity index (χ3v) is 2.43. The summed E-state index contributed by atoms with van der Waals surface area (Å²) in [5.74, 6) is -0.419. The molecule has 0 saturated carbocycles. The first-order valence-electron chi connectivity index (χ1n) is 5.89. The molecule has 0 unspecified atom stereocenters. The van der Waals surface area contributed by atoms with Crippen LogP contribution in [0.1, 0.15) is 13.8 Å². The van der Waals surface area contributed by atoms with Gasteiger partial charge < -0.3 is 4.74 Å². The van der Waals surface area contributed by atoms with E-state index < -0.39 is 5.97 Å². The van der Waals surface area contributed by atoms with Crippen molar-refractivity contribution in [1.82, 2.24) is 0 Å². The molecule has 3 heteroatoms. The number of aliphatic imine (C=N–C) groups is 1. The second-order valence-electron chi connectivity index (χ2n) is 4.24. The summed E-state index contributed by atoms with van der Waals surface area (Å²) < 4.78 is 5.00.